The molecule has 1 atom stereocenters. The highest BCUT2D eigenvalue weighted by atomic mass is 79.9. The Morgan fingerprint density at radius 3 is 2.18 bits per heavy atom. The first-order chi connectivity index (χ1) is 7.57. The summed E-state index contributed by atoms with van der Waals surface area (Å²) < 4.78 is 22.5. The summed E-state index contributed by atoms with van der Waals surface area (Å²) in [5.41, 5.74) is 0.787. The summed E-state index contributed by atoms with van der Waals surface area (Å²) in [6.45, 7) is 3.34. The average molecular weight is 360 g/mol. The molecule has 17 heavy (non-hydrogen) atoms. The zero-order valence-corrected chi connectivity index (χ0v) is 13.6. The molecule has 0 fully saturated rings. The first-order valence-electron chi connectivity index (χ1n) is 4.86. The maximum atomic E-state index is 11.7. The van der Waals surface area contributed by atoms with Crippen LogP contribution < -0.4 is 0 Å². The summed E-state index contributed by atoms with van der Waals surface area (Å²) >= 11 is 15.2. The van der Waals surface area contributed by atoms with E-state index in [1.54, 1.807) is 32.0 Å². The van der Waals surface area contributed by atoms with Gasteiger partial charge in [0.2, 0.25) is 0 Å². The summed E-state index contributed by atoms with van der Waals surface area (Å²) in [5, 5.41) is 0.866. The molecule has 1 rings (SSSR count). The molecule has 0 spiro atoms. The van der Waals surface area contributed by atoms with Crippen LogP contribution in [0, 0.1) is 0 Å². The van der Waals surface area contributed by atoms with Gasteiger partial charge in [-0.3, -0.25) is 0 Å². The third kappa shape index (κ3) is 3.16. The topological polar surface area (TPSA) is 34.1 Å². The standard InChI is InChI=1S/C11H13BrCl2O2S/c1-11(2,17(3,15)16)10(12)7-4-5-8(13)9(14)6-7/h4-6,10H,1-3H3. The lowest BCUT2D eigenvalue weighted by Crippen LogP contribution is -2.35. The van der Waals surface area contributed by atoms with Crippen LogP contribution in [0.3, 0.4) is 0 Å². The van der Waals surface area contributed by atoms with Crippen molar-refractivity contribution in [3.8, 4) is 0 Å². The Morgan fingerprint density at radius 1 is 1.24 bits per heavy atom. The molecule has 0 heterocycles. The van der Waals surface area contributed by atoms with Gasteiger partial charge in [-0.25, -0.2) is 8.42 Å². The molecule has 0 aromatic heterocycles. The number of rotatable bonds is 3. The molecule has 6 heteroatoms. The van der Waals surface area contributed by atoms with E-state index in [-0.39, 0.29) is 4.83 Å². The molecule has 0 N–H and O–H groups in total. The number of sulfone groups is 1. The van der Waals surface area contributed by atoms with E-state index in [0.29, 0.717) is 10.0 Å². The summed E-state index contributed by atoms with van der Waals surface area (Å²) in [4.78, 5) is -0.347. The number of hydrogen-bond donors (Lipinski definition) is 0. The van der Waals surface area contributed by atoms with Crippen LogP contribution in [0.15, 0.2) is 18.2 Å². The van der Waals surface area contributed by atoms with Crippen LogP contribution in [0.1, 0.15) is 24.2 Å². The van der Waals surface area contributed by atoms with Crippen molar-refractivity contribution in [3.05, 3.63) is 33.8 Å². The van der Waals surface area contributed by atoms with Crippen LogP contribution in [0.4, 0.5) is 0 Å². The minimum Gasteiger partial charge on any atom is -0.229 e. The third-order valence-electron chi connectivity index (χ3n) is 2.80. The van der Waals surface area contributed by atoms with Crippen LogP contribution in [0.5, 0.6) is 0 Å². The molecule has 0 radical (unpaired) electrons. The van der Waals surface area contributed by atoms with E-state index in [9.17, 15) is 8.42 Å². The van der Waals surface area contributed by atoms with Crippen molar-refractivity contribution in [2.24, 2.45) is 0 Å². The fraction of sp³-hybridized carbons (Fsp3) is 0.455. The average Bonchev–Trinajstić information content (AvgIpc) is 2.19. The molecular formula is C11H13BrCl2O2S. The quantitative estimate of drug-likeness (QED) is 0.756. The van der Waals surface area contributed by atoms with E-state index in [4.69, 9.17) is 23.2 Å². The number of hydrogen-bond acceptors (Lipinski definition) is 2. The molecule has 0 saturated heterocycles. The van der Waals surface area contributed by atoms with Crippen molar-refractivity contribution >= 4 is 49.0 Å². The first kappa shape index (κ1) is 15.3. The van der Waals surface area contributed by atoms with Crippen LogP contribution in [-0.2, 0) is 9.84 Å². The van der Waals surface area contributed by atoms with Gasteiger partial charge in [-0.2, -0.15) is 0 Å². The number of benzene rings is 1. The molecule has 2 nitrogen and oxygen atoms in total. The summed E-state index contributed by atoms with van der Waals surface area (Å²) in [7, 11) is -3.20. The number of alkyl halides is 1. The Hall–Kier alpha value is 0.230. The molecule has 1 unspecified atom stereocenters. The molecule has 1 aromatic rings. The van der Waals surface area contributed by atoms with Gasteiger partial charge in [0.1, 0.15) is 0 Å². The molecule has 0 saturated carbocycles. The Labute approximate surface area is 120 Å². The van der Waals surface area contributed by atoms with Crippen LogP contribution in [0.2, 0.25) is 10.0 Å². The fourth-order valence-corrected chi connectivity index (χ4v) is 3.38. The van der Waals surface area contributed by atoms with Gasteiger partial charge in [-0.05, 0) is 31.5 Å². The van der Waals surface area contributed by atoms with Crippen LogP contribution >= 0.6 is 39.1 Å². The highest BCUT2D eigenvalue weighted by Gasteiger charge is 2.38. The molecule has 0 aliphatic rings. The lowest BCUT2D eigenvalue weighted by molar-refractivity contribution is 0.548. The third-order valence-corrected chi connectivity index (χ3v) is 7.66. The second-order valence-electron chi connectivity index (χ2n) is 4.41. The van der Waals surface area contributed by atoms with E-state index in [0.717, 1.165) is 5.56 Å². The van der Waals surface area contributed by atoms with Crippen LogP contribution in [0.25, 0.3) is 0 Å². The van der Waals surface area contributed by atoms with Gasteiger partial charge in [0.15, 0.2) is 9.84 Å². The normalized spacial score (nSPS) is 14.7. The maximum Gasteiger partial charge on any atom is 0.154 e. The van der Waals surface area contributed by atoms with Gasteiger partial charge in [0, 0.05) is 6.26 Å². The predicted octanol–water partition coefficient (Wildman–Crippen LogP) is 4.25. The van der Waals surface area contributed by atoms with Gasteiger partial charge in [-0.15, -0.1) is 0 Å². The largest absolute Gasteiger partial charge is 0.229 e. The molecular weight excluding hydrogens is 347 g/mol. The Morgan fingerprint density at radius 2 is 1.76 bits per heavy atom. The van der Waals surface area contributed by atoms with Gasteiger partial charge in [0.25, 0.3) is 0 Å². The lowest BCUT2D eigenvalue weighted by atomic mass is 10.0. The van der Waals surface area contributed by atoms with Crippen molar-refractivity contribution in [2.75, 3.05) is 6.26 Å². The number of halogens is 3. The van der Waals surface area contributed by atoms with E-state index in [1.165, 1.54) is 6.26 Å². The second-order valence-corrected chi connectivity index (χ2v) is 8.74. The summed E-state index contributed by atoms with van der Waals surface area (Å²) in [6.07, 6.45) is 1.22. The van der Waals surface area contributed by atoms with Gasteiger partial charge in [0.05, 0.1) is 19.6 Å². The minimum atomic E-state index is -3.20. The van der Waals surface area contributed by atoms with Crippen molar-refractivity contribution in [1.82, 2.24) is 0 Å². The van der Waals surface area contributed by atoms with Crippen molar-refractivity contribution in [3.63, 3.8) is 0 Å². The molecule has 0 aliphatic heterocycles. The monoisotopic (exact) mass is 358 g/mol. The highest BCUT2D eigenvalue weighted by molar-refractivity contribution is 9.09. The van der Waals surface area contributed by atoms with Crippen molar-refractivity contribution < 1.29 is 8.42 Å². The predicted molar refractivity (Wildman–Crippen MR) is 77.1 cm³/mol. The SMILES string of the molecule is CC(C)(C(Br)c1ccc(Cl)c(Cl)c1)S(C)(=O)=O. The molecule has 0 bridgehead atoms. The van der Waals surface area contributed by atoms with Crippen LogP contribution in [-0.4, -0.2) is 19.4 Å². The van der Waals surface area contributed by atoms with E-state index >= 15 is 0 Å². The molecule has 96 valence electrons. The maximum absolute atomic E-state index is 11.7. The zero-order valence-electron chi connectivity index (χ0n) is 9.67. The molecule has 1 aromatic carbocycles. The van der Waals surface area contributed by atoms with Crippen molar-refractivity contribution in [1.29, 1.82) is 0 Å². The van der Waals surface area contributed by atoms with E-state index < -0.39 is 14.6 Å². The van der Waals surface area contributed by atoms with Gasteiger partial charge >= 0.3 is 0 Å². The van der Waals surface area contributed by atoms with E-state index in [2.05, 4.69) is 15.9 Å². The summed E-state index contributed by atoms with van der Waals surface area (Å²) in [5.74, 6) is 0. The second kappa shape index (κ2) is 5.08. The smallest absolute Gasteiger partial charge is 0.154 e. The Bertz CT molecular complexity index is 526. The van der Waals surface area contributed by atoms with E-state index in [1.807, 2.05) is 0 Å². The summed E-state index contributed by atoms with van der Waals surface area (Å²) in [6, 6.07) is 5.10. The van der Waals surface area contributed by atoms with Gasteiger partial charge in [-0.1, -0.05) is 45.2 Å². The minimum absolute atomic E-state index is 0.347. The first-order valence-corrected chi connectivity index (χ1v) is 8.42. The highest BCUT2D eigenvalue weighted by Crippen LogP contribution is 2.40. The zero-order chi connectivity index (χ0) is 13.4. The lowest BCUT2D eigenvalue weighted by Gasteiger charge is -2.28. The molecule has 0 aliphatic carbocycles. The fourth-order valence-electron chi connectivity index (χ4n) is 1.26. The van der Waals surface area contributed by atoms with Gasteiger partial charge < -0.3 is 0 Å². The Balaban J connectivity index is 3.21. The Kier molecular flexibility index (Phi) is 4.57. The van der Waals surface area contributed by atoms with Crippen molar-refractivity contribution in [2.45, 2.75) is 23.4 Å². The molecule has 0 amide bonds.